The van der Waals surface area contributed by atoms with Crippen LogP contribution in [0.15, 0.2) is 47.4 Å². The van der Waals surface area contributed by atoms with Crippen LogP contribution < -0.4 is 4.72 Å². The molecule has 0 saturated heterocycles. The maximum atomic E-state index is 12.2. The van der Waals surface area contributed by atoms with Gasteiger partial charge in [0.2, 0.25) is 0 Å². The van der Waals surface area contributed by atoms with Gasteiger partial charge >= 0.3 is 0 Å². The van der Waals surface area contributed by atoms with Gasteiger partial charge in [-0.15, -0.1) is 0 Å². The molecule has 2 N–H and O–H groups in total. The van der Waals surface area contributed by atoms with Crippen LogP contribution in [-0.2, 0) is 10.0 Å². The number of nitrogens with one attached hydrogen (secondary N) is 1. The zero-order valence-electron chi connectivity index (χ0n) is 11.0. The van der Waals surface area contributed by atoms with E-state index in [0.717, 1.165) is 11.6 Å². The predicted molar refractivity (Wildman–Crippen MR) is 76.7 cm³/mol. The topological polar surface area (TPSA) is 110 Å². The molecule has 0 bridgehead atoms. The predicted octanol–water partition coefficient (Wildman–Crippen LogP) is 2.41. The van der Waals surface area contributed by atoms with Gasteiger partial charge in [-0.3, -0.25) is 14.8 Å². The molecule has 21 heavy (non-hydrogen) atoms. The summed E-state index contributed by atoms with van der Waals surface area (Å²) in [5, 5.41) is 20.6. The first-order chi connectivity index (χ1) is 9.81. The standard InChI is InChI=1S/C13H12N2O5S/c1-9-5-7-10(8-6-9)21(19,20)14-13-11(15(17)18)3-2-4-12(13)16/h2-8,14,16H,1H3. The Balaban J connectivity index is 2.46. The lowest BCUT2D eigenvalue weighted by Gasteiger charge is -2.10. The van der Waals surface area contributed by atoms with Crippen LogP contribution >= 0.6 is 0 Å². The molecule has 7 nitrogen and oxygen atoms in total. The molecule has 0 aliphatic rings. The third-order valence-corrected chi connectivity index (χ3v) is 4.15. The van der Waals surface area contributed by atoms with Crippen molar-refractivity contribution < 1.29 is 18.4 Å². The van der Waals surface area contributed by atoms with E-state index in [2.05, 4.69) is 4.72 Å². The fourth-order valence-corrected chi connectivity index (χ4v) is 2.79. The van der Waals surface area contributed by atoms with E-state index in [0.29, 0.717) is 0 Å². The molecule has 2 rings (SSSR count). The monoisotopic (exact) mass is 308 g/mol. The fourth-order valence-electron chi connectivity index (χ4n) is 1.70. The largest absolute Gasteiger partial charge is 0.505 e. The van der Waals surface area contributed by atoms with Crippen molar-refractivity contribution in [1.82, 2.24) is 0 Å². The van der Waals surface area contributed by atoms with Crippen molar-refractivity contribution in [3.63, 3.8) is 0 Å². The Morgan fingerprint density at radius 3 is 2.33 bits per heavy atom. The van der Waals surface area contributed by atoms with Crippen molar-refractivity contribution in [2.75, 3.05) is 4.72 Å². The van der Waals surface area contributed by atoms with Gasteiger partial charge in [0, 0.05) is 6.07 Å². The molecule has 0 saturated carbocycles. The molecular formula is C13H12N2O5S. The van der Waals surface area contributed by atoms with Crippen LogP contribution in [0.2, 0.25) is 0 Å². The number of anilines is 1. The molecular weight excluding hydrogens is 296 g/mol. The number of rotatable bonds is 4. The number of aryl methyl sites for hydroxylation is 1. The summed E-state index contributed by atoms with van der Waals surface area (Å²) in [5.41, 5.74) is -0.101. The van der Waals surface area contributed by atoms with Gasteiger partial charge in [-0.05, 0) is 25.1 Å². The Labute approximate surface area is 121 Å². The first kappa shape index (κ1) is 14.8. The Morgan fingerprint density at radius 2 is 1.76 bits per heavy atom. The summed E-state index contributed by atoms with van der Waals surface area (Å²) < 4.78 is 26.4. The van der Waals surface area contributed by atoms with E-state index in [1.807, 2.05) is 0 Å². The highest BCUT2D eigenvalue weighted by Crippen LogP contribution is 2.34. The number of nitro benzene ring substituents is 1. The van der Waals surface area contributed by atoms with Crippen LogP contribution in [0.3, 0.4) is 0 Å². The van der Waals surface area contributed by atoms with Crippen molar-refractivity contribution in [1.29, 1.82) is 0 Å². The summed E-state index contributed by atoms with van der Waals surface area (Å²) in [5.74, 6) is -0.514. The van der Waals surface area contributed by atoms with Gasteiger partial charge in [-0.2, -0.15) is 0 Å². The highest BCUT2D eigenvalue weighted by molar-refractivity contribution is 7.92. The molecule has 0 radical (unpaired) electrons. The average molecular weight is 308 g/mol. The van der Waals surface area contributed by atoms with E-state index in [1.165, 1.54) is 24.3 Å². The number of para-hydroxylation sites is 1. The maximum absolute atomic E-state index is 12.2. The summed E-state index contributed by atoms with van der Waals surface area (Å²) in [4.78, 5) is 10.1. The Kier molecular flexibility index (Phi) is 3.81. The summed E-state index contributed by atoms with van der Waals surface area (Å²) >= 11 is 0. The van der Waals surface area contributed by atoms with Crippen molar-refractivity contribution >= 4 is 21.4 Å². The highest BCUT2D eigenvalue weighted by atomic mass is 32.2. The number of sulfonamides is 1. The molecule has 2 aromatic rings. The molecule has 0 aliphatic heterocycles. The smallest absolute Gasteiger partial charge is 0.297 e. The number of phenolic OH excluding ortho intramolecular Hbond substituents is 1. The zero-order chi connectivity index (χ0) is 15.6. The lowest BCUT2D eigenvalue weighted by atomic mass is 10.2. The van der Waals surface area contributed by atoms with Crippen LogP contribution in [-0.4, -0.2) is 18.4 Å². The number of nitrogens with zero attached hydrogens (tertiary/aromatic N) is 1. The van der Waals surface area contributed by atoms with Crippen LogP contribution in [0.5, 0.6) is 5.75 Å². The molecule has 0 heterocycles. The molecule has 8 heteroatoms. The minimum Gasteiger partial charge on any atom is -0.505 e. The molecule has 0 spiro atoms. The summed E-state index contributed by atoms with van der Waals surface area (Å²) in [6.07, 6.45) is 0. The third-order valence-electron chi connectivity index (χ3n) is 2.78. The van der Waals surface area contributed by atoms with Crippen LogP contribution in [0.4, 0.5) is 11.4 Å². The Morgan fingerprint density at radius 1 is 1.14 bits per heavy atom. The first-order valence-corrected chi connectivity index (χ1v) is 7.35. The minimum atomic E-state index is -4.02. The van der Waals surface area contributed by atoms with Crippen LogP contribution in [0, 0.1) is 17.0 Å². The van der Waals surface area contributed by atoms with Crippen molar-refractivity contribution in [3.05, 3.63) is 58.1 Å². The second-order valence-electron chi connectivity index (χ2n) is 4.35. The van der Waals surface area contributed by atoms with E-state index in [4.69, 9.17) is 0 Å². The second-order valence-corrected chi connectivity index (χ2v) is 6.03. The summed E-state index contributed by atoms with van der Waals surface area (Å²) in [6.45, 7) is 1.80. The number of benzene rings is 2. The van der Waals surface area contributed by atoms with Gasteiger partial charge in [-0.25, -0.2) is 8.42 Å². The van der Waals surface area contributed by atoms with E-state index in [9.17, 15) is 23.6 Å². The number of phenols is 1. The average Bonchev–Trinajstić information content (AvgIpc) is 2.41. The maximum Gasteiger partial charge on any atom is 0.297 e. The number of hydrogen-bond donors (Lipinski definition) is 2. The quantitative estimate of drug-likeness (QED) is 0.512. The third kappa shape index (κ3) is 3.11. The SMILES string of the molecule is Cc1ccc(S(=O)(=O)Nc2c(O)cccc2[N+](=O)[O-])cc1. The van der Waals surface area contributed by atoms with E-state index in [-0.39, 0.29) is 4.90 Å². The van der Waals surface area contributed by atoms with Gasteiger partial charge in [-0.1, -0.05) is 23.8 Å². The lowest BCUT2D eigenvalue weighted by molar-refractivity contribution is -0.383. The normalized spacial score (nSPS) is 11.1. The van der Waals surface area contributed by atoms with E-state index in [1.54, 1.807) is 19.1 Å². The molecule has 0 unspecified atom stereocenters. The van der Waals surface area contributed by atoms with Gasteiger partial charge in [0.15, 0.2) is 5.69 Å². The molecule has 0 atom stereocenters. The van der Waals surface area contributed by atoms with E-state index >= 15 is 0 Å². The Hall–Kier alpha value is -2.61. The molecule has 0 aromatic heterocycles. The Bertz CT molecular complexity index is 785. The number of hydrogen-bond acceptors (Lipinski definition) is 5. The van der Waals surface area contributed by atoms with Crippen molar-refractivity contribution in [2.24, 2.45) is 0 Å². The van der Waals surface area contributed by atoms with Gasteiger partial charge in [0.25, 0.3) is 15.7 Å². The molecule has 2 aromatic carbocycles. The van der Waals surface area contributed by atoms with E-state index < -0.39 is 32.1 Å². The van der Waals surface area contributed by atoms with Crippen molar-refractivity contribution in [2.45, 2.75) is 11.8 Å². The van der Waals surface area contributed by atoms with Gasteiger partial charge in [0.05, 0.1) is 9.82 Å². The molecule has 0 aliphatic carbocycles. The summed E-state index contributed by atoms with van der Waals surface area (Å²) in [6, 6.07) is 9.50. The summed E-state index contributed by atoms with van der Waals surface area (Å²) in [7, 11) is -4.02. The number of nitro groups is 1. The van der Waals surface area contributed by atoms with Crippen LogP contribution in [0.25, 0.3) is 0 Å². The highest BCUT2D eigenvalue weighted by Gasteiger charge is 2.23. The fraction of sp³-hybridized carbons (Fsp3) is 0.0769. The minimum absolute atomic E-state index is 0.0503. The second kappa shape index (κ2) is 5.41. The molecule has 0 fully saturated rings. The van der Waals surface area contributed by atoms with Crippen LogP contribution in [0.1, 0.15) is 5.56 Å². The lowest BCUT2D eigenvalue weighted by Crippen LogP contribution is -2.14. The zero-order valence-corrected chi connectivity index (χ0v) is 11.8. The molecule has 110 valence electrons. The van der Waals surface area contributed by atoms with Gasteiger partial charge < -0.3 is 5.11 Å². The van der Waals surface area contributed by atoms with Gasteiger partial charge in [0.1, 0.15) is 5.75 Å². The number of aromatic hydroxyl groups is 1. The molecule has 0 amide bonds. The van der Waals surface area contributed by atoms with Crippen molar-refractivity contribution in [3.8, 4) is 5.75 Å². The first-order valence-electron chi connectivity index (χ1n) is 5.87.